The molecule has 0 aliphatic rings. The van der Waals surface area contributed by atoms with E-state index in [0.29, 0.717) is 18.7 Å². The first-order chi connectivity index (χ1) is 9.02. The summed E-state index contributed by atoms with van der Waals surface area (Å²) >= 11 is 0. The number of aryl methyl sites for hydroxylation is 1. The molecule has 4 heteroatoms. The molecule has 106 valence electrons. The highest BCUT2D eigenvalue weighted by molar-refractivity contribution is 5.91. The summed E-state index contributed by atoms with van der Waals surface area (Å²) in [7, 11) is 0. The van der Waals surface area contributed by atoms with E-state index < -0.39 is 0 Å². The maximum absolute atomic E-state index is 11.8. The van der Waals surface area contributed by atoms with Crippen molar-refractivity contribution in [1.29, 1.82) is 0 Å². The van der Waals surface area contributed by atoms with Crippen LogP contribution in [0, 0.1) is 6.92 Å². The summed E-state index contributed by atoms with van der Waals surface area (Å²) in [5.41, 5.74) is 8.14. The molecule has 0 aromatic heterocycles. The van der Waals surface area contributed by atoms with Crippen LogP contribution in [-0.2, 0) is 9.53 Å². The minimum atomic E-state index is -0.0310. The van der Waals surface area contributed by atoms with Crippen molar-refractivity contribution in [3.63, 3.8) is 0 Å². The van der Waals surface area contributed by atoms with Crippen molar-refractivity contribution in [1.82, 2.24) is 0 Å². The van der Waals surface area contributed by atoms with Crippen molar-refractivity contribution in [2.45, 2.75) is 46.1 Å². The van der Waals surface area contributed by atoms with Gasteiger partial charge in [0.2, 0.25) is 5.91 Å². The second kappa shape index (κ2) is 7.79. The first kappa shape index (κ1) is 15.5. The molecule has 0 aliphatic heterocycles. The van der Waals surface area contributed by atoms with Gasteiger partial charge in [0.25, 0.3) is 0 Å². The normalized spacial score (nSPS) is 12.2. The van der Waals surface area contributed by atoms with Crippen LogP contribution in [0.2, 0.25) is 0 Å². The lowest BCUT2D eigenvalue weighted by Crippen LogP contribution is -2.17. The van der Waals surface area contributed by atoms with Gasteiger partial charge in [0, 0.05) is 11.4 Å². The third kappa shape index (κ3) is 5.75. The molecule has 0 saturated carbocycles. The maximum Gasteiger partial charge on any atom is 0.226 e. The fourth-order valence-corrected chi connectivity index (χ4v) is 1.88. The van der Waals surface area contributed by atoms with E-state index in [2.05, 4.69) is 12.2 Å². The number of rotatable bonds is 7. The van der Waals surface area contributed by atoms with Crippen molar-refractivity contribution in [3.05, 3.63) is 23.8 Å². The lowest BCUT2D eigenvalue weighted by atomic mass is 10.2. The molecule has 0 saturated heterocycles. The van der Waals surface area contributed by atoms with Crippen LogP contribution in [0.4, 0.5) is 11.4 Å². The quantitative estimate of drug-likeness (QED) is 0.744. The molecule has 4 nitrogen and oxygen atoms in total. The fourth-order valence-electron chi connectivity index (χ4n) is 1.88. The third-order valence-corrected chi connectivity index (χ3v) is 2.95. The van der Waals surface area contributed by atoms with Gasteiger partial charge < -0.3 is 15.8 Å². The molecule has 0 bridgehead atoms. The highest BCUT2D eigenvalue weighted by Gasteiger charge is 2.06. The van der Waals surface area contributed by atoms with Crippen molar-refractivity contribution >= 4 is 17.3 Å². The Bertz CT molecular complexity index is 419. The molecule has 0 radical (unpaired) electrons. The van der Waals surface area contributed by atoms with Crippen LogP contribution >= 0.6 is 0 Å². The number of benzene rings is 1. The summed E-state index contributed by atoms with van der Waals surface area (Å²) in [5.74, 6) is -0.0310. The summed E-state index contributed by atoms with van der Waals surface area (Å²) in [6, 6.07) is 5.45. The predicted molar refractivity (Wildman–Crippen MR) is 79.2 cm³/mol. The van der Waals surface area contributed by atoms with Crippen LogP contribution < -0.4 is 11.1 Å². The highest BCUT2D eigenvalue weighted by Crippen LogP contribution is 2.17. The summed E-state index contributed by atoms with van der Waals surface area (Å²) in [5, 5.41) is 2.87. The number of nitrogens with two attached hydrogens (primary N) is 1. The van der Waals surface area contributed by atoms with Crippen LogP contribution in [-0.4, -0.2) is 18.6 Å². The van der Waals surface area contributed by atoms with Gasteiger partial charge in [-0.2, -0.15) is 0 Å². The van der Waals surface area contributed by atoms with Crippen molar-refractivity contribution in [2.75, 3.05) is 17.7 Å². The molecule has 0 heterocycles. The molecule has 1 unspecified atom stereocenters. The molecule has 19 heavy (non-hydrogen) atoms. The highest BCUT2D eigenvalue weighted by atomic mass is 16.5. The van der Waals surface area contributed by atoms with Gasteiger partial charge in [-0.15, -0.1) is 0 Å². The average molecular weight is 264 g/mol. The predicted octanol–water partition coefficient (Wildman–Crippen LogP) is 3.11. The zero-order valence-corrected chi connectivity index (χ0v) is 12.0. The van der Waals surface area contributed by atoms with Crippen LogP contribution in [0.5, 0.6) is 0 Å². The maximum atomic E-state index is 11.8. The molecule has 3 N–H and O–H groups in total. The second-order valence-corrected chi connectivity index (χ2v) is 4.84. The minimum Gasteiger partial charge on any atom is -0.399 e. The van der Waals surface area contributed by atoms with Crippen LogP contribution in [0.1, 0.15) is 38.7 Å². The van der Waals surface area contributed by atoms with Gasteiger partial charge in [0.15, 0.2) is 0 Å². The van der Waals surface area contributed by atoms with Gasteiger partial charge in [0.05, 0.1) is 19.1 Å². The van der Waals surface area contributed by atoms with Gasteiger partial charge in [-0.1, -0.05) is 13.3 Å². The van der Waals surface area contributed by atoms with Crippen molar-refractivity contribution < 1.29 is 9.53 Å². The van der Waals surface area contributed by atoms with E-state index >= 15 is 0 Å². The largest absolute Gasteiger partial charge is 0.399 e. The fraction of sp³-hybridized carbons (Fsp3) is 0.533. The van der Waals surface area contributed by atoms with Crippen molar-refractivity contribution in [3.8, 4) is 0 Å². The summed E-state index contributed by atoms with van der Waals surface area (Å²) in [6.45, 7) is 6.54. The Morgan fingerprint density at radius 3 is 2.84 bits per heavy atom. The van der Waals surface area contributed by atoms with Crippen LogP contribution in [0.25, 0.3) is 0 Å². The molecular formula is C15H24N2O2. The van der Waals surface area contributed by atoms with Crippen LogP contribution in [0.3, 0.4) is 0 Å². The van der Waals surface area contributed by atoms with Gasteiger partial charge in [-0.25, -0.2) is 0 Å². The zero-order chi connectivity index (χ0) is 14.3. The number of carbonyl (C=O) groups excluding carboxylic acids is 1. The number of ether oxygens (including phenoxy) is 1. The number of carbonyl (C=O) groups is 1. The number of nitrogen functional groups attached to an aromatic ring is 1. The average Bonchev–Trinajstić information content (AvgIpc) is 2.33. The van der Waals surface area contributed by atoms with E-state index in [1.807, 2.05) is 26.0 Å². The molecule has 1 amide bonds. The molecule has 1 atom stereocenters. The monoisotopic (exact) mass is 264 g/mol. The summed E-state index contributed by atoms with van der Waals surface area (Å²) < 4.78 is 5.56. The summed E-state index contributed by atoms with van der Waals surface area (Å²) in [4.78, 5) is 11.8. The Labute approximate surface area is 115 Å². The van der Waals surface area contributed by atoms with Crippen LogP contribution in [0.15, 0.2) is 18.2 Å². The van der Waals surface area contributed by atoms with E-state index in [1.54, 1.807) is 6.07 Å². The lowest BCUT2D eigenvalue weighted by molar-refractivity contribution is -0.117. The van der Waals surface area contributed by atoms with E-state index in [4.69, 9.17) is 10.5 Å². The SMILES string of the molecule is CCCC(C)OCCC(=O)Nc1ccc(N)cc1C. The second-order valence-electron chi connectivity index (χ2n) is 4.84. The molecule has 1 aromatic rings. The Hall–Kier alpha value is -1.55. The van der Waals surface area contributed by atoms with E-state index in [-0.39, 0.29) is 12.0 Å². The number of nitrogens with one attached hydrogen (secondary N) is 1. The van der Waals surface area contributed by atoms with E-state index in [1.165, 1.54) is 0 Å². The lowest BCUT2D eigenvalue weighted by Gasteiger charge is -2.12. The Balaban J connectivity index is 2.35. The summed E-state index contributed by atoms with van der Waals surface area (Å²) in [6.07, 6.45) is 2.71. The number of amides is 1. The first-order valence-electron chi connectivity index (χ1n) is 6.80. The van der Waals surface area contributed by atoms with Gasteiger partial charge in [-0.3, -0.25) is 4.79 Å². The smallest absolute Gasteiger partial charge is 0.226 e. The third-order valence-electron chi connectivity index (χ3n) is 2.95. The molecule has 1 rings (SSSR count). The van der Waals surface area contributed by atoms with Crippen molar-refractivity contribution in [2.24, 2.45) is 0 Å². The van der Waals surface area contributed by atoms with E-state index in [9.17, 15) is 4.79 Å². The van der Waals surface area contributed by atoms with Gasteiger partial charge >= 0.3 is 0 Å². The topological polar surface area (TPSA) is 64.3 Å². The Kier molecular flexibility index (Phi) is 6.36. The molecule has 0 aliphatic carbocycles. The molecule has 0 fully saturated rings. The zero-order valence-electron chi connectivity index (χ0n) is 12.0. The van der Waals surface area contributed by atoms with E-state index in [0.717, 1.165) is 24.1 Å². The number of hydrogen-bond acceptors (Lipinski definition) is 3. The Morgan fingerprint density at radius 2 is 2.21 bits per heavy atom. The number of hydrogen-bond donors (Lipinski definition) is 2. The first-order valence-corrected chi connectivity index (χ1v) is 6.80. The van der Waals surface area contributed by atoms with Gasteiger partial charge in [-0.05, 0) is 44.0 Å². The number of anilines is 2. The molecule has 0 spiro atoms. The molecular weight excluding hydrogens is 240 g/mol. The standard InChI is InChI=1S/C15H24N2O2/c1-4-5-12(3)19-9-8-15(18)17-14-7-6-13(16)10-11(14)2/h6-7,10,12H,4-5,8-9,16H2,1-3H3,(H,17,18). The Morgan fingerprint density at radius 1 is 1.47 bits per heavy atom. The van der Waals surface area contributed by atoms with Gasteiger partial charge in [0.1, 0.15) is 0 Å². The molecule has 1 aromatic carbocycles. The minimum absolute atomic E-state index is 0.0310.